The zero-order valence-electron chi connectivity index (χ0n) is 10.1. The quantitative estimate of drug-likeness (QED) is 0.335. The summed E-state index contributed by atoms with van der Waals surface area (Å²) in [5, 5.41) is 10.5. The van der Waals surface area contributed by atoms with Gasteiger partial charge in [-0.25, -0.2) is 0 Å². The molecule has 0 aliphatic heterocycles. The van der Waals surface area contributed by atoms with Gasteiger partial charge in [-0.15, -0.1) is 0 Å². The van der Waals surface area contributed by atoms with Gasteiger partial charge in [0.05, 0.1) is 4.90 Å². The average Bonchev–Trinajstić information content (AvgIpc) is 2.15. The molecule has 0 radical (unpaired) electrons. The first kappa shape index (κ1) is 14.9. The maximum absolute atomic E-state index is 10.9. The molecule has 0 bridgehead atoms. The molecule has 86 valence electrons. The van der Waals surface area contributed by atoms with Crippen LogP contribution in [-0.4, -0.2) is 18.1 Å². The molecular formula is C10H10KNO4S. The molecule has 4 N–H and O–H groups in total. The van der Waals surface area contributed by atoms with Gasteiger partial charge in [0.1, 0.15) is 5.75 Å². The predicted octanol–water partition coefficient (Wildman–Crippen LogP) is -1.51. The maximum Gasteiger partial charge on any atom is 1.00 e. The normalized spacial score (nSPS) is 11.1. The molecule has 0 aromatic heterocycles. The molecule has 0 unspecified atom stereocenters. The third-order valence-electron chi connectivity index (χ3n) is 2.23. The molecule has 0 fully saturated rings. The van der Waals surface area contributed by atoms with Gasteiger partial charge in [-0.05, 0) is 29.7 Å². The van der Waals surface area contributed by atoms with E-state index in [1.807, 2.05) is 0 Å². The molecule has 0 spiro atoms. The van der Waals surface area contributed by atoms with Crippen LogP contribution in [0.3, 0.4) is 0 Å². The summed E-state index contributed by atoms with van der Waals surface area (Å²) >= 11 is 0. The van der Waals surface area contributed by atoms with Crippen LogP contribution < -0.4 is 57.1 Å². The summed E-state index contributed by atoms with van der Waals surface area (Å²) in [5.74, 6) is -0.217. The van der Waals surface area contributed by atoms with E-state index >= 15 is 0 Å². The summed E-state index contributed by atoms with van der Waals surface area (Å²) in [5.41, 5.74) is 5.98. The van der Waals surface area contributed by atoms with Gasteiger partial charge in [0, 0.05) is 17.1 Å². The summed E-state index contributed by atoms with van der Waals surface area (Å²) in [4.78, 5) is -0.358. The molecule has 0 saturated heterocycles. The zero-order valence-corrected chi connectivity index (χ0v) is 13.0. The number of nitrogens with two attached hydrogens (primary N) is 1. The van der Waals surface area contributed by atoms with Crippen LogP contribution in [0.2, 0.25) is 0 Å². The predicted molar refractivity (Wildman–Crippen MR) is 61.0 cm³/mol. The molecule has 17 heavy (non-hydrogen) atoms. The van der Waals surface area contributed by atoms with Crippen molar-refractivity contribution >= 4 is 26.6 Å². The number of hydrogen-bond acceptors (Lipinski definition) is 4. The molecule has 2 aromatic carbocycles. The standard InChI is InChI=1S/C10H9NO4S.K.H/c11-7-1-2-9-6(3-7)4-8(5-10(9)12)16(13,14)15;;/h1-5,12H,11H2,(H,13,14,15);;/q;+1;-1. The topological polar surface area (TPSA) is 101 Å². The molecule has 7 heteroatoms. The van der Waals surface area contributed by atoms with E-state index in [9.17, 15) is 13.5 Å². The van der Waals surface area contributed by atoms with E-state index < -0.39 is 10.1 Å². The monoisotopic (exact) mass is 279 g/mol. The van der Waals surface area contributed by atoms with Gasteiger partial charge in [-0.3, -0.25) is 4.55 Å². The first-order chi connectivity index (χ1) is 7.38. The molecule has 2 aromatic rings. The Morgan fingerprint density at radius 3 is 2.41 bits per heavy atom. The second-order valence-corrected chi connectivity index (χ2v) is 4.82. The molecule has 0 aliphatic carbocycles. The van der Waals surface area contributed by atoms with Gasteiger partial charge in [0.25, 0.3) is 10.1 Å². The third kappa shape index (κ3) is 3.19. The van der Waals surface area contributed by atoms with E-state index in [0.717, 1.165) is 6.07 Å². The SMILES string of the molecule is Nc1ccc2c(O)cc(S(=O)(=O)O)cc2c1.[H-].[K+]. The molecule has 0 saturated carbocycles. The first-order valence-electron chi connectivity index (χ1n) is 4.38. The van der Waals surface area contributed by atoms with Gasteiger partial charge in [0.15, 0.2) is 0 Å². The van der Waals surface area contributed by atoms with E-state index in [4.69, 9.17) is 10.3 Å². The van der Waals surface area contributed by atoms with Crippen molar-refractivity contribution in [2.75, 3.05) is 5.73 Å². The second-order valence-electron chi connectivity index (χ2n) is 3.40. The minimum absolute atomic E-state index is 0. The average molecular weight is 279 g/mol. The Labute approximate surface area is 142 Å². The maximum atomic E-state index is 10.9. The number of benzene rings is 2. The van der Waals surface area contributed by atoms with Gasteiger partial charge in [0.2, 0.25) is 0 Å². The number of phenolic OH excluding ortho intramolecular Hbond substituents is 1. The van der Waals surface area contributed by atoms with E-state index in [1.165, 1.54) is 12.1 Å². The molecule has 5 nitrogen and oxygen atoms in total. The third-order valence-corrected chi connectivity index (χ3v) is 3.06. The van der Waals surface area contributed by atoms with Gasteiger partial charge >= 0.3 is 51.4 Å². The smallest absolute Gasteiger partial charge is 1.00 e. The van der Waals surface area contributed by atoms with Crippen LogP contribution in [0, 0.1) is 0 Å². The fourth-order valence-electron chi connectivity index (χ4n) is 1.49. The number of anilines is 1. The van der Waals surface area contributed by atoms with Crippen LogP contribution in [0.5, 0.6) is 5.75 Å². The largest absolute Gasteiger partial charge is 1.00 e. The summed E-state index contributed by atoms with van der Waals surface area (Å²) in [7, 11) is -4.33. The Morgan fingerprint density at radius 2 is 1.82 bits per heavy atom. The Morgan fingerprint density at radius 1 is 1.18 bits per heavy atom. The number of nitrogen functional groups attached to an aromatic ring is 1. The van der Waals surface area contributed by atoms with Crippen molar-refractivity contribution in [1.82, 2.24) is 0 Å². The van der Waals surface area contributed by atoms with Crippen molar-refractivity contribution < 1.29 is 70.9 Å². The molecule has 2 rings (SSSR count). The fourth-order valence-corrected chi connectivity index (χ4v) is 2.03. The molecule has 0 aliphatic rings. The fraction of sp³-hybridized carbons (Fsp3) is 0. The van der Waals surface area contributed by atoms with E-state index in [-0.39, 0.29) is 63.5 Å². The zero-order chi connectivity index (χ0) is 11.9. The van der Waals surface area contributed by atoms with E-state index in [1.54, 1.807) is 12.1 Å². The van der Waals surface area contributed by atoms with Crippen LogP contribution in [0.1, 0.15) is 1.43 Å². The Balaban J connectivity index is 0.00000144. The molecular weight excluding hydrogens is 269 g/mol. The van der Waals surface area contributed by atoms with Crippen molar-refractivity contribution in [1.29, 1.82) is 0 Å². The first-order valence-corrected chi connectivity index (χ1v) is 5.82. The van der Waals surface area contributed by atoms with Crippen molar-refractivity contribution in [2.24, 2.45) is 0 Å². The van der Waals surface area contributed by atoms with Crippen LogP contribution in [0.25, 0.3) is 10.8 Å². The van der Waals surface area contributed by atoms with Crippen molar-refractivity contribution in [3.05, 3.63) is 30.3 Å². The Bertz CT molecular complexity index is 675. The molecule has 0 amide bonds. The molecule has 0 heterocycles. The number of hydrogen-bond donors (Lipinski definition) is 3. The number of fused-ring (bicyclic) bond motifs is 1. The van der Waals surface area contributed by atoms with Gasteiger partial charge in [-0.2, -0.15) is 8.42 Å². The summed E-state index contributed by atoms with van der Waals surface area (Å²) in [6.07, 6.45) is 0. The van der Waals surface area contributed by atoms with Crippen molar-refractivity contribution in [2.45, 2.75) is 4.90 Å². The van der Waals surface area contributed by atoms with Crippen LogP contribution in [-0.2, 0) is 10.1 Å². The van der Waals surface area contributed by atoms with E-state index in [2.05, 4.69) is 0 Å². The van der Waals surface area contributed by atoms with Crippen LogP contribution >= 0.6 is 0 Å². The Hall–Kier alpha value is -0.154. The van der Waals surface area contributed by atoms with Crippen LogP contribution in [0.15, 0.2) is 35.2 Å². The van der Waals surface area contributed by atoms with Gasteiger partial charge in [-0.1, -0.05) is 0 Å². The van der Waals surface area contributed by atoms with Gasteiger partial charge < -0.3 is 12.3 Å². The number of rotatable bonds is 1. The Kier molecular flexibility index (Phi) is 4.58. The minimum Gasteiger partial charge on any atom is -1.00 e. The summed E-state index contributed by atoms with van der Waals surface area (Å²) in [6, 6.07) is 6.93. The van der Waals surface area contributed by atoms with Crippen LogP contribution in [0.4, 0.5) is 5.69 Å². The molecule has 0 atom stereocenters. The summed E-state index contributed by atoms with van der Waals surface area (Å²) < 4.78 is 30.7. The second kappa shape index (κ2) is 5.23. The van der Waals surface area contributed by atoms with E-state index in [0.29, 0.717) is 16.5 Å². The van der Waals surface area contributed by atoms with Crippen molar-refractivity contribution in [3.63, 3.8) is 0 Å². The minimum atomic E-state index is -4.33. The summed E-state index contributed by atoms with van der Waals surface area (Å²) in [6.45, 7) is 0. The van der Waals surface area contributed by atoms with Crippen molar-refractivity contribution in [3.8, 4) is 5.75 Å². The number of aromatic hydroxyl groups is 1. The number of phenols is 1.